The fraction of sp³-hybridized carbons (Fsp3) is 0.286. The summed E-state index contributed by atoms with van der Waals surface area (Å²) in [6.07, 6.45) is 6.55. The van der Waals surface area contributed by atoms with E-state index in [1.54, 1.807) is 0 Å². The second kappa shape index (κ2) is 8.34. The predicted octanol–water partition coefficient (Wildman–Crippen LogP) is 4.24. The Bertz CT molecular complexity index is 777. The van der Waals surface area contributed by atoms with E-state index in [4.69, 9.17) is 0 Å². The third-order valence-electron chi connectivity index (χ3n) is 4.35. The zero-order valence-electron chi connectivity index (χ0n) is 13.9. The average molecular weight is 320 g/mol. The van der Waals surface area contributed by atoms with Crippen molar-refractivity contribution in [3.8, 4) is 0 Å². The van der Waals surface area contributed by atoms with Crippen molar-refractivity contribution < 1.29 is 4.79 Å². The Balaban J connectivity index is 1.34. The quantitative estimate of drug-likeness (QED) is 0.599. The van der Waals surface area contributed by atoms with Gasteiger partial charge in [0.05, 0.1) is 0 Å². The molecule has 3 nitrogen and oxygen atoms in total. The van der Waals surface area contributed by atoms with Gasteiger partial charge < -0.3 is 10.3 Å². The minimum Gasteiger partial charge on any atom is -0.361 e. The molecule has 3 heteroatoms. The van der Waals surface area contributed by atoms with Crippen LogP contribution in [0.3, 0.4) is 0 Å². The van der Waals surface area contributed by atoms with Gasteiger partial charge in [-0.2, -0.15) is 0 Å². The van der Waals surface area contributed by atoms with Crippen molar-refractivity contribution in [3.63, 3.8) is 0 Å². The van der Waals surface area contributed by atoms with Crippen LogP contribution >= 0.6 is 0 Å². The van der Waals surface area contributed by atoms with Gasteiger partial charge in [0.15, 0.2) is 0 Å². The van der Waals surface area contributed by atoms with Crippen molar-refractivity contribution in [2.45, 2.75) is 32.1 Å². The molecule has 3 aromatic rings. The maximum absolute atomic E-state index is 11.9. The molecule has 0 aliphatic carbocycles. The molecule has 2 N–H and O–H groups in total. The number of hydrogen-bond donors (Lipinski definition) is 2. The Morgan fingerprint density at radius 3 is 2.58 bits per heavy atom. The van der Waals surface area contributed by atoms with E-state index in [1.165, 1.54) is 16.5 Å². The lowest BCUT2D eigenvalue weighted by atomic mass is 10.1. The zero-order valence-corrected chi connectivity index (χ0v) is 13.9. The summed E-state index contributed by atoms with van der Waals surface area (Å²) in [7, 11) is 0. The number of unbranched alkanes of at least 4 members (excludes halogenated alkanes) is 1. The summed E-state index contributed by atoms with van der Waals surface area (Å²) < 4.78 is 0. The number of aromatic nitrogens is 1. The van der Waals surface area contributed by atoms with Crippen molar-refractivity contribution in [1.82, 2.24) is 10.3 Å². The Hall–Kier alpha value is -2.55. The van der Waals surface area contributed by atoms with E-state index in [0.717, 1.165) is 31.2 Å². The summed E-state index contributed by atoms with van der Waals surface area (Å²) in [5.41, 5.74) is 3.76. The first-order chi connectivity index (χ1) is 11.8. The average Bonchev–Trinajstić information content (AvgIpc) is 3.03. The highest BCUT2D eigenvalue weighted by Gasteiger charge is 2.04. The molecule has 24 heavy (non-hydrogen) atoms. The van der Waals surface area contributed by atoms with Gasteiger partial charge in [-0.15, -0.1) is 0 Å². The zero-order chi connectivity index (χ0) is 16.6. The van der Waals surface area contributed by atoms with Crippen LogP contribution in [0.1, 0.15) is 30.4 Å². The standard InChI is InChI=1S/C21H24N2O/c24-21(13-7-4-10-17-8-2-1-3-9-17)22-15-14-18-16-23-20-12-6-5-11-19(18)20/h1-3,5-6,8-9,11-12,16,23H,4,7,10,13-15H2,(H,22,24). The molecule has 0 saturated carbocycles. The molecule has 1 aromatic heterocycles. The molecule has 0 fully saturated rings. The number of benzene rings is 2. The lowest BCUT2D eigenvalue weighted by Crippen LogP contribution is -2.25. The lowest BCUT2D eigenvalue weighted by molar-refractivity contribution is -0.121. The van der Waals surface area contributed by atoms with E-state index < -0.39 is 0 Å². The van der Waals surface area contributed by atoms with Gasteiger partial charge in [-0.25, -0.2) is 0 Å². The van der Waals surface area contributed by atoms with Crippen molar-refractivity contribution >= 4 is 16.8 Å². The molecule has 0 atom stereocenters. The second-order valence-corrected chi connectivity index (χ2v) is 6.15. The number of fused-ring (bicyclic) bond motifs is 1. The van der Waals surface area contributed by atoms with Crippen LogP contribution in [0.5, 0.6) is 0 Å². The van der Waals surface area contributed by atoms with Gasteiger partial charge >= 0.3 is 0 Å². The van der Waals surface area contributed by atoms with Crippen molar-refractivity contribution in [2.75, 3.05) is 6.54 Å². The topological polar surface area (TPSA) is 44.9 Å². The van der Waals surface area contributed by atoms with Crippen LogP contribution < -0.4 is 5.32 Å². The third-order valence-corrected chi connectivity index (χ3v) is 4.35. The van der Waals surface area contributed by atoms with E-state index in [0.29, 0.717) is 13.0 Å². The Kier molecular flexibility index (Phi) is 5.67. The van der Waals surface area contributed by atoms with Crippen LogP contribution in [0, 0.1) is 0 Å². The highest BCUT2D eigenvalue weighted by molar-refractivity contribution is 5.83. The SMILES string of the molecule is O=C(CCCCc1ccccc1)NCCc1c[nH]c2ccccc12. The molecule has 0 aliphatic heterocycles. The number of aryl methyl sites for hydroxylation is 1. The summed E-state index contributed by atoms with van der Waals surface area (Å²) in [4.78, 5) is 15.2. The van der Waals surface area contributed by atoms with Gasteiger partial charge in [0, 0.05) is 30.1 Å². The molecule has 3 rings (SSSR count). The number of aromatic amines is 1. The number of nitrogens with one attached hydrogen (secondary N) is 2. The summed E-state index contributed by atoms with van der Waals surface area (Å²) in [6.45, 7) is 0.694. The van der Waals surface area contributed by atoms with Gasteiger partial charge in [0.1, 0.15) is 0 Å². The number of carbonyl (C=O) groups is 1. The van der Waals surface area contributed by atoms with Crippen LogP contribution in [0.4, 0.5) is 0 Å². The van der Waals surface area contributed by atoms with Crippen LogP contribution in [0.25, 0.3) is 10.9 Å². The van der Waals surface area contributed by atoms with Gasteiger partial charge in [-0.3, -0.25) is 4.79 Å². The van der Waals surface area contributed by atoms with Gasteiger partial charge in [0.2, 0.25) is 5.91 Å². The van der Waals surface area contributed by atoms with Crippen molar-refractivity contribution in [2.24, 2.45) is 0 Å². The monoisotopic (exact) mass is 320 g/mol. The van der Waals surface area contributed by atoms with Gasteiger partial charge in [0.25, 0.3) is 0 Å². The highest BCUT2D eigenvalue weighted by atomic mass is 16.1. The molecule has 124 valence electrons. The lowest BCUT2D eigenvalue weighted by Gasteiger charge is -2.05. The molecular weight excluding hydrogens is 296 g/mol. The molecular formula is C21H24N2O. The van der Waals surface area contributed by atoms with E-state index in [-0.39, 0.29) is 5.91 Å². The van der Waals surface area contributed by atoms with E-state index in [1.807, 2.05) is 24.4 Å². The summed E-state index contributed by atoms with van der Waals surface area (Å²) in [6, 6.07) is 18.7. The second-order valence-electron chi connectivity index (χ2n) is 6.15. The molecule has 1 heterocycles. The number of carbonyl (C=O) groups excluding carboxylic acids is 1. The highest BCUT2D eigenvalue weighted by Crippen LogP contribution is 2.17. The normalized spacial score (nSPS) is 10.8. The number of rotatable bonds is 8. The predicted molar refractivity (Wildman–Crippen MR) is 99.0 cm³/mol. The van der Waals surface area contributed by atoms with Crippen LogP contribution in [0.2, 0.25) is 0 Å². The number of para-hydroxylation sites is 1. The van der Waals surface area contributed by atoms with Crippen molar-refractivity contribution in [1.29, 1.82) is 0 Å². The number of hydrogen-bond acceptors (Lipinski definition) is 1. The smallest absolute Gasteiger partial charge is 0.220 e. The maximum atomic E-state index is 11.9. The molecule has 0 spiro atoms. The Morgan fingerprint density at radius 2 is 1.71 bits per heavy atom. The van der Waals surface area contributed by atoms with Gasteiger partial charge in [-0.1, -0.05) is 48.5 Å². The molecule has 0 unspecified atom stereocenters. The van der Waals surface area contributed by atoms with Crippen LogP contribution in [-0.2, 0) is 17.6 Å². The minimum atomic E-state index is 0.155. The fourth-order valence-electron chi connectivity index (χ4n) is 3.02. The maximum Gasteiger partial charge on any atom is 0.220 e. The molecule has 2 aromatic carbocycles. The number of H-pyrrole nitrogens is 1. The minimum absolute atomic E-state index is 0.155. The summed E-state index contributed by atoms with van der Waals surface area (Å²) >= 11 is 0. The van der Waals surface area contributed by atoms with Crippen LogP contribution in [-0.4, -0.2) is 17.4 Å². The van der Waals surface area contributed by atoms with E-state index in [2.05, 4.69) is 46.7 Å². The molecule has 0 aliphatic rings. The third kappa shape index (κ3) is 4.48. The number of amides is 1. The molecule has 0 bridgehead atoms. The Morgan fingerprint density at radius 1 is 0.917 bits per heavy atom. The largest absolute Gasteiger partial charge is 0.361 e. The Labute approximate surface area is 143 Å². The molecule has 0 radical (unpaired) electrons. The van der Waals surface area contributed by atoms with E-state index in [9.17, 15) is 4.79 Å². The first-order valence-corrected chi connectivity index (χ1v) is 8.68. The molecule has 0 saturated heterocycles. The van der Waals surface area contributed by atoms with Gasteiger partial charge in [-0.05, 0) is 42.9 Å². The summed E-state index contributed by atoms with van der Waals surface area (Å²) in [5.74, 6) is 0.155. The van der Waals surface area contributed by atoms with E-state index >= 15 is 0 Å². The summed E-state index contributed by atoms with van der Waals surface area (Å²) in [5, 5.41) is 4.28. The van der Waals surface area contributed by atoms with Crippen LogP contribution in [0.15, 0.2) is 60.8 Å². The molecule has 1 amide bonds. The fourth-order valence-corrected chi connectivity index (χ4v) is 3.02. The van der Waals surface area contributed by atoms with Crippen molar-refractivity contribution in [3.05, 3.63) is 71.9 Å². The first-order valence-electron chi connectivity index (χ1n) is 8.68. The first kappa shape index (κ1) is 16.3.